The number of aromatic amines is 1. The molecule has 1 N–H and O–H groups in total. The summed E-state index contributed by atoms with van der Waals surface area (Å²) in [6.45, 7) is 2.65. The number of imidazole rings is 1. The molecular weight excluding hydrogens is 226 g/mol. The molecule has 0 radical (unpaired) electrons. The van der Waals surface area contributed by atoms with Crippen molar-refractivity contribution in [2.75, 3.05) is 6.61 Å². The van der Waals surface area contributed by atoms with Gasteiger partial charge in [0.25, 0.3) is 0 Å². The van der Waals surface area contributed by atoms with Gasteiger partial charge in [-0.25, -0.2) is 9.97 Å². The van der Waals surface area contributed by atoms with Gasteiger partial charge in [-0.3, -0.25) is 0 Å². The molecule has 3 rings (SSSR count). The minimum Gasteiger partial charge on any atom is -0.494 e. The molecule has 4 heteroatoms. The molecule has 0 aliphatic rings. The van der Waals surface area contributed by atoms with Crippen LogP contribution in [-0.4, -0.2) is 21.6 Å². The van der Waals surface area contributed by atoms with Crippen LogP contribution in [0.15, 0.2) is 42.6 Å². The monoisotopic (exact) mass is 239 g/mol. The fraction of sp³-hybridized carbons (Fsp3) is 0.143. The van der Waals surface area contributed by atoms with Crippen molar-refractivity contribution < 1.29 is 4.74 Å². The highest BCUT2D eigenvalue weighted by Gasteiger charge is 2.05. The lowest BCUT2D eigenvalue weighted by Gasteiger charge is -2.02. The Hall–Kier alpha value is -2.36. The molecular formula is C14H13N3O. The van der Waals surface area contributed by atoms with Crippen molar-refractivity contribution in [1.29, 1.82) is 0 Å². The van der Waals surface area contributed by atoms with Gasteiger partial charge >= 0.3 is 0 Å². The molecule has 0 atom stereocenters. The van der Waals surface area contributed by atoms with Crippen molar-refractivity contribution in [3.8, 4) is 17.1 Å². The van der Waals surface area contributed by atoms with Crippen LogP contribution in [0.25, 0.3) is 22.6 Å². The van der Waals surface area contributed by atoms with Gasteiger partial charge in [0.05, 0.1) is 12.1 Å². The average Bonchev–Trinajstić information content (AvgIpc) is 2.84. The summed E-state index contributed by atoms with van der Waals surface area (Å²) in [5.41, 5.74) is 2.71. The number of ether oxygens (including phenoxy) is 1. The topological polar surface area (TPSA) is 50.8 Å². The van der Waals surface area contributed by atoms with Crippen LogP contribution in [0.1, 0.15) is 6.92 Å². The van der Waals surface area contributed by atoms with E-state index in [1.165, 1.54) is 0 Å². The van der Waals surface area contributed by atoms with Gasteiger partial charge in [-0.1, -0.05) is 0 Å². The van der Waals surface area contributed by atoms with Crippen molar-refractivity contribution >= 4 is 11.2 Å². The van der Waals surface area contributed by atoms with Crippen LogP contribution < -0.4 is 4.74 Å². The molecule has 2 heterocycles. The predicted octanol–water partition coefficient (Wildman–Crippen LogP) is 3.02. The molecule has 1 aromatic carbocycles. The van der Waals surface area contributed by atoms with Crippen molar-refractivity contribution in [1.82, 2.24) is 15.0 Å². The fourth-order valence-electron chi connectivity index (χ4n) is 1.86. The first kappa shape index (κ1) is 10.8. The second-order valence-corrected chi connectivity index (χ2v) is 3.92. The number of hydrogen-bond donors (Lipinski definition) is 1. The van der Waals surface area contributed by atoms with E-state index in [0.29, 0.717) is 6.61 Å². The highest BCUT2D eigenvalue weighted by molar-refractivity contribution is 5.75. The zero-order valence-corrected chi connectivity index (χ0v) is 10.1. The van der Waals surface area contributed by atoms with E-state index in [4.69, 9.17) is 4.74 Å². The highest BCUT2D eigenvalue weighted by atomic mass is 16.5. The number of hydrogen-bond acceptors (Lipinski definition) is 3. The maximum Gasteiger partial charge on any atom is 0.178 e. The third kappa shape index (κ3) is 1.93. The van der Waals surface area contributed by atoms with E-state index in [-0.39, 0.29) is 0 Å². The Labute approximate surface area is 105 Å². The van der Waals surface area contributed by atoms with Crippen molar-refractivity contribution in [2.45, 2.75) is 6.92 Å². The highest BCUT2D eigenvalue weighted by Crippen LogP contribution is 2.21. The quantitative estimate of drug-likeness (QED) is 0.764. The summed E-state index contributed by atoms with van der Waals surface area (Å²) in [6.07, 6.45) is 1.74. The summed E-state index contributed by atoms with van der Waals surface area (Å²) in [7, 11) is 0. The van der Waals surface area contributed by atoms with Gasteiger partial charge in [0.1, 0.15) is 11.6 Å². The SMILES string of the molecule is CCOc1ccc(-c2nc3ncccc3[nH]2)cc1. The molecule has 0 bridgehead atoms. The lowest BCUT2D eigenvalue weighted by Crippen LogP contribution is -1.90. The second-order valence-electron chi connectivity index (χ2n) is 3.92. The van der Waals surface area contributed by atoms with Gasteiger partial charge in [-0.05, 0) is 43.3 Å². The standard InChI is InChI=1S/C14H13N3O/c1-2-18-11-7-5-10(6-8-11)13-16-12-4-3-9-15-14(12)17-13/h3-9H,2H2,1H3,(H,15,16,17). The van der Waals surface area contributed by atoms with Crippen LogP contribution >= 0.6 is 0 Å². The third-order valence-electron chi connectivity index (χ3n) is 2.70. The molecule has 3 aromatic rings. The zero-order valence-electron chi connectivity index (χ0n) is 10.1. The summed E-state index contributed by atoms with van der Waals surface area (Å²) in [5.74, 6) is 1.70. The normalized spacial score (nSPS) is 10.7. The Morgan fingerprint density at radius 2 is 2.00 bits per heavy atom. The molecule has 4 nitrogen and oxygen atoms in total. The maximum atomic E-state index is 5.41. The van der Waals surface area contributed by atoms with E-state index in [2.05, 4.69) is 15.0 Å². The summed E-state index contributed by atoms with van der Waals surface area (Å²) < 4.78 is 5.41. The van der Waals surface area contributed by atoms with E-state index in [1.807, 2.05) is 43.3 Å². The first-order chi connectivity index (χ1) is 8.86. The van der Waals surface area contributed by atoms with Crippen LogP contribution in [0.4, 0.5) is 0 Å². The fourth-order valence-corrected chi connectivity index (χ4v) is 1.86. The lowest BCUT2D eigenvalue weighted by molar-refractivity contribution is 0.340. The number of fused-ring (bicyclic) bond motifs is 1. The third-order valence-corrected chi connectivity index (χ3v) is 2.70. The van der Waals surface area contributed by atoms with Crippen LogP contribution in [0.3, 0.4) is 0 Å². The molecule has 18 heavy (non-hydrogen) atoms. The van der Waals surface area contributed by atoms with Crippen LogP contribution in [-0.2, 0) is 0 Å². The van der Waals surface area contributed by atoms with Gasteiger partial charge < -0.3 is 9.72 Å². The lowest BCUT2D eigenvalue weighted by atomic mass is 10.2. The predicted molar refractivity (Wildman–Crippen MR) is 70.5 cm³/mol. The van der Waals surface area contributed by atoms with Crippen molar-refractivity contribution in [3.05, 3.63) is 42.6 Å². The number of nitrogens with one attached hydrogen (secondary N) is 1. The number of rotatable bonds is 3. The van der Waals surface area contributed by atoms with Crippen LogP contribution in [0.5, 0.6) is 5.75 Å². The van der Waals surface area contributed by atoms with Gasteiger partial charge in [-0.15, -0.1) is 0 Å². The number of nitrogens with zero attached hydrogens (tertiary/aromatic N) is 2. The molecule has 0 fully saturated rings. The number of H-pyrrole nitrogens is 1. The second kappa shape index (κ2) is 4.49. The van der Waals surface area contributed by atoms with Crippen LogP contribution in [0, 0.1) is 0 Å². The Morgan fingerprint density at radius 3 is 2.72 bits per heavy atom. The van der Waals surface area contributed by atoms with Gasteiger partial charge in [0, 0.05) is 11.8 Å². The van der Waals surface area contributed by atoms with Gasteiger partial charge in [0.2, 0.25) is 0 Å². The van der Waals surface area contributed by atoms with E-state index < -0.39 is 0 Å². The smallest absolute Gasteiger partial charge is 0.178 e. The average molecular weight is 239 g/mol. The zero-order chi connectivity index (χ0) is 12.4. The molecule has 0 unspecified atom stereocenters. The van der Waals surface area contributed by atoms with E-state index in [0.717, 1.165) is 28.3 Å². The van der Waals surface area contributed by atoms with Gasteiger partial charge in [-0.2, -0.15) is 0 Å². The molecule has 0 spiro atoms. The molecule has 0 aliphatic heterocycles. The van der Waals surface area contributed by atoms with Crippen LogP contribution in [0.2, 0.25) is 0 Å². The first-order valence-corrected chi connectivity index (χ1v) is 5.91. The summed E-state index contributed by atoms with van der Waals surface area (Å²) in [5, 5.41) is 0. The number of benzene rings is 1. The number of pyridine rings is 1. The minimum absolute atomic E-state index is 0.675. The molecule has 0 saturated heterocycles. The van der Waals surface area contributed by atoms with Gasteiger partial charge in [0.15, 0.2) is 5.65 Å². The Morgan fingerprint density at radius 1 is 1.17 bits per heavy atom. The van der Waals surface area contributed by atoms with Crippen molar-refractivity contribution in [3.63, 3.8) is 0 Å². The molecule has 90 valence electrons. The Bertz CT molecular complexity index is 625. The van der Waals surface area contributed by atoms with E-state index in [1.54, 1.807) is 6.20 Å². The Kier molecular flexibility index (Phi) is 2.68. The van der Waals surface area contributed by atoms with E-state index in [9.17, 15) is 0 Å². The first-order valence-electron chi connectivity index (χ1n) is 5.91. The Balaban J connectivity index is 1.98. The molecule has 2 aromatic heterocycles. The largest absolute Gasteiger partial charge is 0.494 e. The number of aromatic nitrogens is 3. The minimum atomic E-state index is 0.675. The molecule has 0 aliphatic carbocycles. The van der Waals surface area contributed by atoms with Crippen molar-refractivity contribution in [2.24, 2.45) is 0 Å². The molecule has 0 amide bonds. The molecule has 0 saturated carbocycles. The van der Waals surface area contributed by atoms with E-state index >= 15 is 0 Å². The maximum absolute atomic E-state index is 5.41. The summed E-state index contributed by atoms with van der Waals surface area (Å²) >= 11 is 0. The summed E-state index contributed by atoms with van der Waals surface area (Å²) in [4.78, 5) is 11.9. The summed E-state index contributed by atoms with van der Waals surface area (Å²) in [6, 6.07) is 11.7.